The van der Waals surface area contributed by atoms with Gasteiger partial charge in [-0.15, -0.1) is 0 Å². The van der Waals surface area contributed by atoms with E-state index in [1.165, 1.54) is 99.4 Å². The van der Waals surface area contributed by atoms with Crippen molar-refractivity contribution in [2.75, 3.05) is 18.0 Å². The number of hydrogen-bond donors (Lipinski definition) is 0. The Morgan fingerprint density at radius 2 is 1.45 bits per heavy atom. The summed E-state index contributed by atoms with van der Waals surface area (Å²) in [6.45, 7) is 25.7. The fourth-order valence-corrected chi connectivity index (χ4v) is 6.80. The van der Waals surface area contributed by atoms with E-state index in [9.17, 15) is 0 Å². The van der Waals surface area contributed by atoms with Crippen molar-refractivity contribution in [2.45, 2.75) is 120 Å². The fourth-order valence-electron chi connectivity index (χ4n) is 6.80. The van der Waals surface area contributed by atoms with Gasteiger partial charge in [-0.1, -0.05) is 99.6 Å². The van der Waals surface area contributed by atoms with Gasteiger partial charge in [0.25, 0.3) is 0 Å². The number of nitrogens with zero attached hydrogens (tertiary/aromatic N) is 1. The molecule has 3 aromatic rings. The second kappa shape index (κ2) is 16.0. The summed E-state index contributed by atoms with van der Waals surface area (Å²) in [5.41, 5.74) is 12.6. The predicted molar refractivity (Wildman–Crippen MR) is 186 cm³/mol. The van der Waals surface area contributed by atoms with E-state index in [0.717, 1.165) is 43.6 Å². The van der Waals surface area contributed by atoms with Gasteiger partial charge < -0.3 is 9.64 Å². The maximum atomic E-state index is 7.09. The van der Waals surface area contributed by atoms with Crippen LogP contribution in [0, 0.1) is 0 Å². The Morgan fingerprint density at radius 3 is 2.12 bits per heavy atom. The number of rotatable bonds is 6. The molecule has 0 spiro atoms. The lowest BCUT2D eigenvalue weighted by molar-refractivity contribution is 0.453. The lowest BCUT2D eigenvalue weighted by Crippen LogP contribution is -2.35. The van der Waals surface area contributed by atoms with Gasteiger partial charge in [0.1, 0.15) is 11.5 Å². The Morgan fingerprint density at radius 1 is 0.786 bits per heavy atom. The van der Waals surface area contributed by atoms with Crippen molar-refractivity contribution in [1.82, 2.24) is 0 Å². The maximum Gasteiger partial charge on any atom is 0.140 e. The second-order valence-corrected chi connectivity index (χ2v) is 10.7. The molecule has 0 aromatic heterocycles. The molecule has 0 N–H and O–H groups in total. The molecule has 0 radical (unpaired) electrons. The zero-order valence-corrected chi connectivity index (χ0v) is 28.3. The summed E-state index contributed by atoms with van der Waals surface area (Å²) in [4.78, 5) is 2.63. The molecule has 3 aliphatic heterocycles. The Labute approximate surface area is 257 Å². The van der Waals surface area contributed by atoms with E-state index in [2.05, 4.69) is 68.6 Å². The third-order valence-electron chi connectivity index (χ3n) is 8.63. The van der Waals surface area contributed by atoms with Crippen molar-refractivity contribution in [3.63, 3.8) is 0 Å². The van der Waals surface area contributed by atoms with Crippen molar-refractivity contribution in [3.8, 4) is 11.5 Å². The van der Waals surface area contributed by atoms with Crippen molar-refractivity contribution in [2.24, 2.45) is 0 Å². The van der Waals surface area contributed by atoms with E-state index < -0.39 is 0 Å². The first kappa shape index (κ1) is 33.5. The second-order valence-electron chi connectivity index (χ2n) is 10.7. The molecule has 42 heavy (non-hydrogen) atoms. The van der Waals surface area contributed by atoms with E-state index in [1.54, 1.807) is 0 Å². The van der Waals surface area contributed by atoms with Crippen LogP contribution in [0.15, 0.2) is 36.4 Å². The van der Waals surface area contributed by atoms with Crippen molar-refractivity contribution in [3.05, 3.63) is 85.8 Å². The van der Waals surface area contributed by atoms with Gasteiger partial charge in [-0.25, -0.2) is 0 Å². The fraction of sp³-hybridized carbons (Fsp3) is 0.500. The van der Waals surface area contributed by atoms with Gasteiger partial charge in [0.15, 0.2) is 0 Å². The molecule has 228 valence electrons. The van der Waals surface area contributed by atoms with Crippen LogP contribution in [0.4, 0.5) is 5.69 Å². The van der Waals surface area contributed by atoms with Gasteiger partial charge in [0.2, 0.25) is 0 Å². The van der Waals surface area contributed by atoms with E-state index in [-0.39, 0.29) is 0 Å². The Hall–Kier alpha value is -3.00. The van der Waals surface area contributed by atoms with E-state index in [4.69, 9.17) is 4.74 Å². The highest BCUT2D eigenvalue weighted by Crippen LogP contribution is 2.48. The average Bonchev–Trinajstić information content (AvgIpc) is 3.06. The van der Waals surface area contributed by atoms with Crippen molar-refractivity contribution in [1.29, 1.82) is 0 Å². The van der Waals surface area contributed by atoms with E-state index >= 15 is 0 Å². The molecule has 0 atom stereocenters. The summed E-state index contributed by atoms with van der Waals surface area (Å²) in [7, 11) is 0. The van der Waals surface area contributed by atoms with Gasteiger partial charge >= 0.3 is 0 Å². The van der Waals surface area contributed by atoms with E-state index in [1.807, 2.05) is 41.5 Å². The maximum absolute atomic E-state index is 7.09. The van der Waals surface area contributed by atoms with Crippen LogP contribution in [-0.2, 0) is 32.1 Å². The Kier molecular flexibility index (Phi) is 12.8. The summed E-state index contributed by atoms with van der Waals surface area (Å²) in [5, 5.41) is 2.46. The highest BCUT2D eigenvalue weighted by Gasteiger charge is 2.33. The third-order valence-corrected chi connectivity index (χ3v) is 8.63. The monoisotopic (exact) mass is 567 g/mol. The zero-order chi connectivity index (χ0) is 30.8. The molecule has 0 aliphatic carbocycles. The number of aryl methyl sites for hydroxylation is 3. The molecule has 2 heteroatoms. The normalized spacial score (nSPS) is 13.9. The minimum atomic E-state index is 0.991. The molecular weight excluding hydrogens is 510 g/mol. The number of unbranched alkanes of at least 4 members (excludes halogenated alkanes) is 1. The zero-order valence-electron chi connectivity index (χ0n) is 28.3. The number of fused-ring (bicyclic) bond motifs is 3. The first-order chi connectivity index (χ1) is 20.7. The van der Waals surface area contributed by atoms with Gasteiger partial charge in [-0.05, 0) is 91.0 Å². The molecule has 0 saturated carbocycles. The average molecular weight is 568 g/mol. The van der Waals surface area contributed by atoms with Gasteiger partial charge in [0.05, 0.1) is 0 Å². The summed E-state index contributed by atoms with van der Waals surface area (Å²) < 4.78 is 7.09. The van der Waals surface area contributed by atoms with Gasteiger partial charge in [0, 0.05) is 46.3 Å². The highest BCUT2D eigenvalue weighted by atomic mass is 16.5. The third kappa shape index (κ3) is 6.19. The van der Waals surface area contributed by atoms with Gasteiger partial charge in [-0.2, -0.15) is 0 Å². The number of benzene rings is 3. The molecule has 3 aliphatic rings. The number of anilines is 1. The van der Waals surface area contributed by atoms with Crippen LogP contribution in [0.25, 0.3) is 12.2 Å². The summed E-state index contributed by atoms with van der Waals surface area (Å²) in [6.07, 6.45) is 10.1. The van der Waals surface area contributed by atoms with Crippen LogP contribution < -0.4 is 20.1 Å². The van der Waals surface area contributed by atoms with Gasteiger partial charge in [-0.3, -0.25) is 0 Å². The molecule has 2 nitrogen and oxygen atoms in total. The summed E-state index contributed by atoms with van der Waals surface area (Å²) in [6, 6.07) is 13.9. The lowest BCUT2D eigenvalue weighted by Gasteiger charge is -2.39. The molecule has 0 amide bonds. The van der Waals surface area contributed by atoms with Crippen molar-refractivity contribution >= 4 is 17.8 Å². The highest BCUT2D eigenvalue weighted by molar-refractivity contribution is 5.90. The first-order valence-electron chi connectivity index (χ1n) is 17.2. The van der Waals surface area contributed by atoms with Crippen LogP contribution in [0.5, 0.6) is 11.5 Å². The summed E-state index contributed by atoms with van der Waals surface area (Å²) >= 11 is 0. The van der Waals surface area contributed by atoms with Crippen LogP contribution in [0.1, 0.15) is 127 Å². The molecule has 0 unspecified atom stereocenters. The predicted octanol–water partition coefficient (Wildman–Crippen LogP) is 9.69. The first-order valence-corrected chi connectivity index (χ1v) is 17.2. The Balaban J connectivity index is 0.000000760. The van der Waals surface area contributed by atoms with Crippen LogP contribution in [0.2, 0.25) is 0 Å². The minimum Gasteiger partial charge on any atom is -0.455 e. The van der Waals surface area contributed by atoms with Crippen LogP contribution in [-0.4, -0.2) is 13.1 Å². The molecule has 0 saturated heterocycles. The molecule has 3 aromatic carbocycles. The quantitative estimate of drug-likeness (QED) is 0.230. The van der Waals surface area contributed by atoms with Crippen LogP contribution >= 0.6 is 0 Å². The standard InChI is InChI=1S/C34H39NO.3C2H6/c1-5-8-15-26-22(4)24(7-3)20-29-31(27-16-10-9-13-23(27)6-2)30-21-25-14-11-18-35-19-12-17-28(32(25)35)34(30)36-33(26)29;3*1-2/h9-10,13,16,20-21H,4-8,11-12,14-15,17-19H2,1-3H3;3*1-2H3. The summed E-state index contributed by atoms with van der Waals surface area (Å²) in [5.74, 6) is 2.19. The molecule has 0 bridgehead atoms. The Bertz CT molecular complexity index is 1450. The van der Waals surface area contributed by atoms with E-state index in [0.29, 0.717) is 0 Å². The van der Waals surface area contributed by atoms with Crippen molar-refractivity contribution < 1.29 is 4.74 Å². The largest absolute Gasteiger partial charge is 0.455 e. The lowest BCUT2D eigenvalue weighted by atomic mass is 9.82. The van der Waals surface area contributed by atoms with Crippen LogP contribution in [0.3, 0.4) is 0 Å². The molecular formula is C40H57NO. The topological polar surface area (TPSA) is 12.5 Å². The number of hydrogen-bond acceptors (Lipinski definition) is 2. The SMILES string of the molecule is C=c1c(CC)cc2c(c1CCCC)Oc1c(cc3c4c1CCCN4CCC3)C=2c1ccccc1CC.CC.CC.CC. The number of ether oxygens (including phenoxy) is 1. The minimum absolute atomic E-state index is 0.991. The molecule has 3 heterocycles. The molecule has 0 fully saturated rings. The molecule has 6 rings (SSSR count). The smallest absolute Gasteiger partial charge is 0.140 e.